The van der Waals surface area contributed by atoms with Gasteiger partial charge < -0.3 is 10.0 Å². The minimum atomic E-state index is -4.40. The number of carbonyl (C=O) groups is 1. The fourth-order valence-electron chi connectivity index (χ4n) is 1.67. The van der Waals surface area contributed by atoms with Gasteiger partial charge in [0.15, 0.2) is 0 Å². The smallest absolute Gasteiger partial charge is 0.405 e. The summed E-state index contributed by atoms with van der Waals surface area (Å²) in [5.74, 6) is -1.26. The van der Waals surface area contributed by atoms with E-state index in [-0.39, 0.29) is 11.3 Å². The van der Waals surface area contributed by atoms with Crippen LogP contribution in [0.1, 0.15) is 24.2 Å². The van der Waals surface area contributed by atoms with Crippen molar-refractivity contribution in [2.45, 2.75) is 26.1 Å². The lowest BCUT2D eigenvalue weighted by atomic mass is 10.1. The van der Waals surface area contributed by atoms with Gasteiger partial charge >= 0.3 is 12.1 Å². The zero-order valence-electron chi connectivity index (χ0n) is 10.3. The number of benzene rings is 1. The standard InChI is InChI=1S/C12H13BrF3NO2/c1-7(2)17(6-12(14,15)16)10-4-3-8(13)5-9(10)11(18)19/h3-5,7H,6H2,1-2H3,(H,18,19). The van der Waals surface area contributed by atoms with Crippen molar-refractivity contribution in [1.29, 1.82) is 0 Å². The summed E-state index contributed by atoms with van der Waals surface area (Å²) in [5, 5.41) is 9.09. The second kappa shape index (κ2) is 5.81. The van der Waals surface area contributed by atoms with E-state index in [1.54, 1.807) is 13.8 Å². The number of anilines is 1. The summed E-state index contributed by atoms with van der Waals surface area (Å²) in [7, 11) is 0. The Balaban J connectivity index is 3.27. The van der Waals surface area contributed by atoms with Crippen LogP contribution in [0, 0.1) is 0 Å². The van der Waals surface area contributed by atoms with Crippen molar-refractivity contribution in [2.75, 3.05) is 11.4 Å². The van der Waals surface area contributed by atoms with E-state index in [4.69, 9.17) is 5.11 Å². The highest BCUT2D eigenvalue weighted by molar-refractivity contribution is 9.10. The first-order valence-corrected chi connectivity index (χ1v) is 6.27. The minimum absolute atomic E-state index is 0.0584. The van der Waals surface area contributed by atoms with E-state index >= 15 is 0 Å². The van der Waals surface area contributed by atoms with Crippen molar-refractivity contribution in [1.82, 2.24) is 0 Å². The highest BCUT2D eigenvalue weighted by Crippen LogP contribution is 2.29. The van der Waals surface area contributed by atoms with E-state index in [1.807, 2.05) is 0 Å². The first-order chi connectivity index (χ1) is 8.61. The number of nitrogens with zero attached hydrogens (tertiary/aromatic N) is 1. The molecule has 1 N–H and O–H groups in total. The molecule has 106 valence electrons. The van der Waals surface area contributed by atoms with Crippen LogP contribution in [0.3, 0.4) is 0 Å². The Morgan fingerprint density at radius 1 is 1.42 bits per heavy atom. The zero-order chi connectivity index (χ0) is 14.8. The van der Waals surface area contributed by atoms with Gasteiger partial charge in [-0.3, -0.25) is 0 Å². The van der Waals surface area contributed by atoms with E-state index in [2.05, 4.69) is 15.9 Å². The van der Waals surface area contributed by atoms with E-state index in [0.717, 1.165) is 4.90 Å². The predicted molar refractivity (Wildman–Crippen MR) is 69.6 cm³/mol. The van der Waals surface area contributed by atoms with Crippen LogP contribution >= 0.6 is 15.9 Å². The maximum atomic E-state index is 12.6. The molecule has 0 aliphatic heterocycles. The van der Waals surface area contributed by atoms with Gasteiger partial charge in [0.1, 0.15) is 6.54 Å². The highest BCUT2D eigenvalue weighted by Gasteiger charge is 2.33. The maximum absolute atomic E-state index is 12.6. The number of alkyl halides is 3. The van der Waals surface area contributed by atoms with E-state index < -0.39 is 24.7 Å². The van der Waals surface area contributed by atoms with Crippen LogP contribution < -0.4 is 4.90 Å². The van der Waals surface area contributed by atoms with Gasteiger partial charge in [-0.1, -0.05) is 15.9 Å². The Kier molecular flexibility index (Phi) is 4.84. The normalized spacial score (nSPS) is 11.7. The zero-order valence-corrected chi connectivity index (χ0v) is 11.9. The monoisotopic (exact) mass is 339 g/mol. The molecule has 0 bridgehead atoms. The summed E-state index contributed by atoms with van der Waals surface area (Å²) in [5.41, 5.74) is -0.102. The number of carboxylic acid groups (broad SMARTS) is 1. The van der Waals surface area contributed by atoms with E-state index in [1.165, 1.54) is 18.2 Å². The molecule has 1 aromatic carbocycles. The second-order valence-corrected chi connectivity index (χ2v) is 5.22. The molecule has 0 saturated heterocycles. The Bertz CT molecular complexity index is 475. The van der Waals surface area contributed by atoms with Crippen LogP contribution in [0.4, 0.5) is 18.9 Å². The summed E-state index contributed by atoms with van der Waals surface area (Å²) in [4.78, 5) is 12.2. The number of halogens is 4. The topological polar surface area (TPSA) is 40.5 Å². The third kappa shape index (κ3) is 4.41. The molecule has 0 unspecified atom stereocenters. The van der Waals surface area contributed by atoms with Gasteiger partial charge in [0, 0.05) is 10.5 Å². The molecule has 19 heavy (non-hydrogen) atoms. The van der Waals surface area contributed by atoms with Gasteiger partial charge in [0.2, 0.25) is 0 Å². The molecule has 0 amide bonds. The average molecular weight is 340 g/mol. The van der Waals surface area contributed by atoms with Crippen LogP contribution in [0.2, 0.25) is 0 Å². The van der Waals surface area contributed by atoms with Crippen LogP contribution in [-0.4, -0.2) is 29.8 Å². The summed E-state index contributed by atoms with van der Waals surface area (Å²) < 4.78 is 38.2. The Labute approximate surface area is 117 Å². The molecule has 3 nitrogen and oxygen atoms in total. The Hall–Kier alpha value is -1.24. The van der Waals surface area contributed by atoms with Crippen molar-refractivity contribution in [3.05, 3.63) is 28.2 Å². The van der Waals surface area contributed by atoms with Crippen molar-refractivity contribution in [3.8, 4) is 0 Å². The molecule has 0 atom stereocenters. The molecule has 1 rings (SSSR count). The lowest BCUT2D eigenvalue weighted by Gasteiger charge is -2.31. The van der Waals surface area contributed by atoms with Gasteiger partial charge in [0.05, 0.1) is 11.3 Å². The Morgan fingerprint density at radius 3 is 2.42 bits per heavy atom. The molecule has 0 fully saturated rings. The van der Waals surface area contributed by atoms with Gasteiger partial charge in [-0.2, -0.15) is 13.2 Å². The maximum Gasteiger partial charge on any atom is 0.405 e. The molecule has 0 heterocycles. The summed E-state index contributed by atoms with van der Waals surface area (Å²) >= 11 is 3.11. The molecule has 0 radical (unpaired) electrons. The molecule has 0 aromatic heterocycles. The molecular formula is C12H13BrF3NO2. The van der Waals surface area contributed by atoms with E-state index in [0.29, 0.717) is 4.47 Å². The number of aromatic carboxylic acids is 1. The second-order valence-electron chi connectivity index (χ2n) is 4.30. The average Bonchev–Trinajstić information content (AvgIpc) is 2.24. The first-order valence-electron chi connectivity index (χ1n) is 5.48. The van der Waals surface area contributed by atoms with Gasteiger partial charge in [-0.05, 0) is 32.0 Å². The molecule has 0 spiro atoms. The summed E-state index contributed by atoms with van der Waals surface area (Å²) in [6, 6.07) is 3.72. The lowest BCUT2D eigenvalue weighted by molar-refractivity contribution is -0.120. The van der Waals surface area contributed by atoms with Crippen LogP contribution in [-0.2, 0) is 0 Å². The first kappa shape index (κ1) is 15.8. The number of hydrogen-bond acceptors (Lipinski definition) is 2. The SMILES string of the molecule is CC(C)N(CC(F)(F)F)c1ccc(Br)cc1C(=O)O. The van der Waals surface area contributed by atoms with Crippen LogP contribution in [0.15, 0.2) is 22.7 Å². The quantitative estimate of drug-likeness (QED) is 0.903. The molecule has 0 aliphatic rings. The number of carboxylic acids is 1. The predicted octanol–water partition coefficient (Wildman–Crippen LogP) is 3.92. The molecule has 0 saturated carbocycles. The lowest BCUT2D eigenvalue weighted by Crippen LogP contribution is -2.40. The number of rotatable bonds is 4. The fourth-order valence-corrected chi connectivity index (χ4v) is 2.03. The van der Waals surface area contributed by atoms with E-state index in [9.17, 15) is 18.0 Å². The van der Waals surface area contributed by atoms with Gasteiger partial charge in [-0.25, -0.2) is 4.79 Å². The third-order valence-electron chi connectivity index (χ3n) is 2.47. The van der Waals surface area contributed by atoms with Crippen LogP contribution in [0.25, 0.3) is 0 Å². The summed E-state index contributed by atoms with van der Waals surface area (Å²) in [6.45, 7) is 1.98. The van der Waals surface area contributed by atoms with Crippen molar-refractivity contribution < 1.29 is 23.1 Å². The summed E-state index contributed by atoms with van der Waals surface area (Å²) in [6.07, 6.45) is -4.40. The molecule has 7 heteroatoms. The van der Waals surface area contributed by atoms with Crippen molar-refractivity contribution in [2.24, 2.45) is 0 Å². The van der Waals surface area contributed by atoms with Gasteiger partial charge in [-0.15, -0.1) is 0 Å². The number of hydrogen-bond donors (Lipinski definition) is 1. The molecule has 1 aromatic rings. The fraction of sp³-hybridized carbons (Fsp3) is 0.417. The van der Waals surface area contributed by atoms with Crippen molar-refractivity contribution in [3.63, 3.8) is 0 Å². The Morgan fingerprint density at radius 2 is 2.00 bits per heavy atom. The third-order valence-corrected chi connectivity index (χ3v) is 2.96. The highest BCUT2D eigenvalue weighted by atomic mass is 79.9. The largest absolute Gasteiger partial charge is 0.478 e. The van der Waals surface area contributed by atoms with Gasteiger partial charge in [0.25, 0.3) is 0 Å². The molecule has 0 aliphatic carbocycles. The minimum Gasteiger partial charge on any atom is -0.478 e. The van der Waals surface area contributed by atoms with Crippen molar-refractivity contribution >= 4 is 27.6 Å². The molecular weight excluding hydrogens is 327 g/mol. The van der Waals surface area contributed by atoms with Crippen LogP contribution in [0.5, 0.6) is 0 Å².